The number of hydrogen-bond donors (Lipinski definition) is 1. The van der Waals surface area contributed by atoms with Gasteiger partial charge in [-0.2, -0.15) is 0 Å². The van der Waals surface area contributed by atoms with E-state index < -0.39 is 17.0 Å². The number of ether oxygens (including phenoxy) is 1. The van der Waals surface area contributed by atoms with Crippen molar-refractivity contribution in [1.29, 1.82) is 0 Å². The molecule has 1 aliphatic heterocycles. The monoisotopic (exact) mass is 357 g/mol. The molecule has 3 nitrogen and oxygen atoms in total. The predicted octanol–water partition coefficient (Wildman–Crippen LogP) is 4.07. The van der Waals surface area contributed by atoms with Crippen LogP contribution in [0.25, 0.3) is 0 Å². The van der Waals surface area contributed by atoms with Crippen LogP contribution < -0.4 is 10.1 Å². The lowest BCUT2D eigenvalue weighted by Gasteiger charge is -2.31. The van der Waals surface area contributed by atoms with Crippen molar-refractivity contribution in [3.8, 4) is 5.75 Å². The van der Waals surface area contributed by atoms with Gasteiger partial charge in [0.25, 0.3) is 0 Å². The second-order valence-electron chi connectivity index (χ2n) is 7.20. The molecule has 4 rings (SSSR count). The van der Waals surface area contributed by atoms with Gasteiger partial charge in [0, 0.05) is 23.1 Å². The number of hydrogen-bond acceptors (Lipinski definition) is 2. The largest absolute Gasteiger partial charge is 0.492 e. The zero-order valence-electron chi connectivity index (χ0n) is 14.4. The Bertz CT molecular complexity index is 810. The summed E-state index contributed by atoms with van der Waals surface area (Å²) in [6, 6.07) is 11.4. The molecule has 0 spiro atoms. The van der Waals surface area contributed by atoms with Gasteiger partial charge in [-0.15, -0.1) is 0 Å². The first-order chi connectivity index (χ1) is 12.6. The molecule has 5 heteroatoms. The summed E-state index contributed by atoms with van der Waals surface area (Å²) in [6.45, 7) is 0.536. The molecule has 1 heterocycles. The highest BCUT2D eigenvalue weighted by Crippen LogP contribution is 2.43. The topological polar surface area (TPSA) is 38.3 Å². The van der Waals surface area contributed by atoms with Crippen LogP contribution in [0.4, 0.5) is 8.78 Å². The van der Waals surface area contributed by atoms with E-state index in [0.29, 0.717) is 19.4 Å². The Balaban J connectivity index is 1.55. The molecule has 0 aromatic heterocycles. The number of fused-ring (bicyclic) bond motifs is 1. The van der Waals surface area contributed by atoms with E-state index in [1.54, 1.807) is 0 Å². The van der Waals surface area contributed by atoms with Crippen molar-refractivity contribution in [2.45, 2.75) is 37.0 Å². The summed E-state index contributed by atoms with van der Waals surface area (Å²) in [5, 5.41) is 2.95. The lowest BCUT2D eigenvalue weighted by molar-refractivity contribution is -0.123. The molecule has 0 radical (unpaired) electrons. The Kier molecular flexibility index (Phi) is 4.39. The first-order valence-electron chi connectivity index (χ1n) is 9.05. The number of benzene rings is 2. The second-order valence-corrected chi connectivity index (χ2v) is 7.20. The summed E-state index contributed by atoms with van der Waals surface area (Å²) in [7, 11) is 0. The quantitative estimate of drug-likeness (QED) is 0.896. The maximum absolute atomic E-state index is 14.4. The van der Waals surface area contributed by atoms with E-state index in [9.17, 15) is 13.6 Å². The zero-order valence-corrected chi connectivity index (χ0v) is 14.4. The van der Waals surface area contributed by atoms with Gasteiger partial charge in [0.1, 0.15) is 29.9 Å². The fourth-order valence-corrected chi connectivity index (χ4v) is 4.33. The SMILES string of the molecule is O=C(NCC1(c2c(F)cccc2F)CCCC1)C1COc2ccccc21. The second kappa shape index (κ2) is 6.71. The summed E-state index contributed by atoms with van der Waals surface area (Å²) in [6.07, 6.45) is 3.14. The van der Waals surface area contributed by atoms with Crippen LogP contribution in [-0.4, -0.2) is 19.1 Å². The highest BCUT2D eigenvalue weighted by atomic mass is 19.1. The number of rotatable bonds is 4. The van der Waals surface area contributed by atoms with Gasteiger partial charge in [0.15, 0.2) is 0 Å². The number of amides is 1. The lowest BCUT2D eigenvalue weighted by atomic mass is 9.78. The average Bonchev–Trinajstić information content (AvgIpc) is 3.27. The van der Waals surface area contributed by atoms with Crippen LogP contribution in [0.2, 0.25) is 0 Å². The minimum Gasteiger partial charge on any atom is -0.492 e. The van der Waals surface area contributed by atoms with Crippen LogP contribution in [0, 0.1) is 11.6 Å². The van der Waals surface area contributed by atoms with Crippen LogP contribution in [0.15, 0.2) is 42.5 Å². The van der Waals surface area contributed by atoms with Crippen molar-refractivity contribution < 1.29 is 18.3 Å². The van der Waals surface area contributed by atoms with Gasteiger partial charge in [-0.25, -0.2) is 8.78 Å². The molecule has 1 N–H and O–H groups in total. The van der Waals surface area contributed by atoms with Crippen molar-refractivity contribution in [3.05, 3.63) is 65.2 Å². The molecule has 2 aromatic carbocycles. The summed E-state index contributed by atoms with van der Waals surface area (Å²) < 4.78 is 34.4. The van der Waals surface area contributed by atoms with Crippen molar-refractivity contribution >= 4 is 5.91 Å². The maximum Gasteiger partial charge on any atom is 0.231 e. The molecular weight excluding hydrogens is 336 g/mol. The predicted molar refractivity (Wildman–Crippen MR) is 94.2 cm³/mol. The van der Waals surface area contributed by atoms with Gasteiger partial charge in [0.2, 0.25) is 5.91 Å². The Labute approximate surface area is 151 Å². The van der Waals surface area contributed by atoms with Crippen LogP contribution in [0.1, 0.15) is 42.7 Å². The third-order valence-electron chi connectivity index (χ3n) is 5.67. The van der Waals surface area contributed by atoms with E-state index in [0.717, 1.165) is 24.2 Å². The molecule has 1 atom stereocenters. The minimum atomic E-state index is -0.677. The molecule has 1 amide bonds. The van der Waals surface area contributed by atoms with Gasteiger partial charge in [-0.1, -0.05) is 37.1 Å². The fourth-order valence-electron chi connectivity index (χ4n) is 4.33. The van der Waals surface area contributed by atoms with E-state index in [2.05, 4.69) is 5.32 Å². The molecule has 1 fully saturated rings. The molecule has 0 saturated heterocycles. The minimum absolute atomic E-state index is 0.112. The maximum atomic E-state index is 14.4. The zero-order chi connectivity index (χ0) is 18.1. The summed E-state index contributed by atoms with van der Waals surface area (Å²) in [5.41, 5.74) is 0.299. The van der Waals surface area contributed by atoms with Gasteiger partial charge in [-0.05, 0) is 31.0 Å². The highest BCUT2D eigenvalue weighted by Gasteiger charge is 2.41. The third kappa shape index (κ3) is 2.85. The summed E-state index contributed by atoms with van der Waals surface area (Å²) in [4.78, 5) is 12.7. The van der Waals surface area contributed by atoms with Gasteiger partial charge in [-0.3, -0.25) is 4.79 Å². The Morgan fingerprint density at radius 3 is 2.50 bits per heavy atom. The molecular formula is C21H21F2NO2. The molecule has 26 heavy (non-hydrogen) atoms. The van der Waals surface area contributed by atoms with E-state index in [1.165, 1.54) is 18.2 Å². The van der Waals surface area contributed by atoms with E-state index in [4.69, 9.17) is 4.74 Å². The van der Waals surface area contributed by atoms with Crippen molar-refractivity contribution in [3.63, 3.8) is 0 Å². The molecule has 0 bridgehead atoms. The van der Waals surface area contributed by atoms with Gasteiger partial charge >= 0.3 is 0 Å². The molecule has 1 aliphatic carbocycles. The van der Waals surface area contributed by atoms with Crippen molar-refractivity contribution in [2.24, 2.45) is 0 Å². The summed E-state index contributed by atoms with van der Waals surface area (Å²) >= 11 is 0. The molecule has 1 saturated carbocycles. The van der Waals surface area contributed by atoms with Crippen LogP contribution >= 0.6 is 0 Å². The number of carbonyl (C=O) groups is 1. The molecule has 2 aromatic rings. The average molecular weight is 357 g/mol. The first kappa shape index (κ1) is 17.0. The summed E-state index contributed by atoms with van der Waals surface area (Å²) in [5.74, 6) is -0.872. The van der Waals surface area contributed by atoms with E-state index >= 15 is 0 Å². The van der Waals surface area contributed by atoms with Crippen LogP contribution in [0.5, 0.6) is 5.75 Å². The Hall–Kier alpha value is -2.43. The highest BCUT2D eigenvalue weighted by molar-refractivity contribution is 5.85. The number of carbonyl (C=O) groups excluding carboxylic acids is 1. The third-order valence-corrected chi connectivity index (χ3v) is 5.67. The van der Waals surface area contributed by atoms with Gasteiger partial charge in [0.05, 0.1) is 0 Å². The Morgan fingerprint density at radius 2 is 1.77 bits per heavy atom. The van der Waals surface area contributed by atoms with Crippen molar-refractivity contribution in [1.82, 2.24) is 5.32 Å². The first-order valence-corrected chi connectivity index (χ1v) is 9.05. The standard InChI is InChI=1S/C21H21F2NO2/c22-16-7-5-8-17(23)19(16)21(10-3-4-11-21)13-24-20(25)15-12-26-18-9-2-1-6-14(15)18/h1-2,5-9,15H,3-4,10-13H2,(H,24,25). The fraction of sp³-hybridized carbons (Fsp3) is 0.381. The van der Waals surface area contributed by atoms with E-state index in [1.807, 2.05) is 24.3 Å². The normalized spacial score (nSPS) is 20.5. The van der Waals surface area contributed by atoms with Crippen LogP contribution in [-0.2, 0) is 10.2 Å². The molecule has 136 valence electrons. The Morgan fingerprint density at radius 1 is 1.08 bits per heavy atom. The molecule has 1 unspecified atom stereocenters. The van der Waals surface area contributed by atoms with E-state index in [-0.39, 0.29) is 23.9 Å². The smallest absolute Gasteiger partial charge is 0.231 e. The lowest BCUT2D eigenvalue weighted by Crippen LogP contribution is -2.42. The number of halogens is 2. The molecule has 2 aliphatic rings. The van der Waals surface area contributed by atoms with Crippen molar-refractivity contribution in [2.75, 3.05) is 13.2 Å². The van der Waals surface area contributed by atoms with Crippen LogP contribution in [0.3, 0.4) is 0 Å². The number of para-hydroxylation sites is 1. The number of nitrogens with one attached hydrogen (secondary N) is 1. The van der Waals surface area contributed by atoms with Gasteiger partial charge < -0.3 is 10.1 Å².